The Bertz CT molecular complexity index is 931. The highest BCUT2D eigenvalue weighted by atomic mass is 19.1. The van der Waals surface area contributed by atoms with Crippen molar-refractivity contribution < 1.29 is 23.2 Å². The molecule has 130 valence electrons. The lowest BCUT2D eigenvalue weighted by molar-refractivity contribution is -0.142. The van der Waals surface area contributed by atoms with E-state index >= 15 is 0 Å². The molecular weight excluding hydrogens is 329 g/mol. The zero-order valence-electron chi connectivity index (χ0n) is 13.6. The number of methoxy groups -OCH3 is 1. The molecule has 2 aromatic heterocycles. The van der Waals surface area contributed by atoms with Gasteiger partial charge >= 0.3 is 5.97 Å². The minimum absolute atomic E-state index is 0.00685. The van der Waals surface area contributed by atoms with Crippen molar-refractivity contribution in [1.82, 2.24) is 15.5 Å². The molecule has 7 nitrogen and oxygen atoms in total. The summed E-state index contributed by atoms with van der Waals surface area (Å²) in [5, 5.41) is 6.98. The molecular formula is C17H16FN3O4. The number of halogens is 1. The normalized spacial score (nSPS) is 12.1. The first-order valence-corrected chi connectivity index (χ1v) is 7.55. The molecule has 0 radical (unpaired) electrons. The number of hydrogen-bond donors (Lipinski definition) is 2. The summed E-state index contributed by atoms with van der Waals surface area (Å²) in [7, 11) is 1.24. The summed E-state index contributed by atoms with van der Waals surface area (Å²) in [6.45, 7) is 1.68. The fourth-order valence-corrected chi connectivity index (χ4v) is 2.58. The number of hydrogen-bond acceptors (Lipinski definition) is 5. The predicted molar refractivity (Wildman–Crippen MR) is 86.5 cm³/mol. The molecule has 1 atom stereocenters. The second kappa shape index (κ2) is 6.76. The van der Waals surface area contributed by atoms with Gasteiger partial charge in [-0.3, -0.25) is 4.79 Å². The van der Waals surface area contributed by atoms with Crippen molar-refractivity contribution in [3.8, 4) is 0 Å². The van der Waals surface area contributed by atoms with Gasteiger partial charge in [-0.2, -0.15) is 0 Å². The highest BCUT2D eigenvalue weighted by Gasteiger charge is 2.25. The summed E-state index contributed by atoms with van der Waals surface area (Å²) >= 11 is 0. The van der Waals surface area contributed by atoms with Crippen LogP contribution in [0.1, 0.15) is 21.8 Å². The van der Waals surface area contributed by atoms with Gasteiger partial charge in [-0.05, 0) is 30.7 Å². The van der Waals surface area contributed by atoms with E-state index in [0.29, 0.717) is 11.2 Å². The number of amides is 1. The molecule has 1 aromatic carbocycles. The zero-order valence-corrected chi connectivity index (χ0v) is 13.6. The van der Waals surface area contributed by atoms with Gasteiger partial charge in [0.25, 0.3) is 5.91 Å². The monoisotopic (exact) mass is 345 g/mol. The third kappa shape index (κ3) is 3.52. The van der Waals surface area contributed by atoms with Crippen LogP contribution in [0.15, 0.2) is 35.0 Å². The highest BCUT2D eigenvalue weighted by Crippen LogP contribution is 2.21. The number of nitrogens with zero attached hydrogens (tertiary/aromatic N) is 1. The number of aromatic amines is 1. The van der Waals surface area contributed by atoms with E-state index in [0.717, 1.165) is 10.9 Å². The van der Waals surface area contributed by atoms with Gasteiger partial charge in [-0.1, -0.05) is 5.16 Å². The summed E-state index contributed by atoms with van der Waals surface area (Å²) in [6, 6.07) is 4.86. The number of fused-ring (bicyclic) bond motifs is 1. The minimum Gasteiger partial charge on any atom is -0.467 e. The largest absolute Gasteiger partial charge is 0.467 e. The summed E-state index contributed by atoms with van der Waals surface area (Å²) < 4.78 is 22.9. The molecule has 3 rings (SSSR count). The van der Waals surface area contributed by atoms with Gasteiger partial charge in [0.2, 0.25) is 5.76 Å². The van der Waals surface area contributed by atoms with E-state index in [9.17, 15) is 14.0 Å². The lowest BCUT2D eigenvalue weighted by Gasteiger charge is -2.15. The van der Waals surface area contributed by atoms with Gasteiger partial charge < -0.3 is 19.6 Å². The van der Waals surface area contributed by atoms with Crippen molar-refractivity contribution in [2.75, 3.05) is 7.11 Å². The fraction of sp³-hybridized carbons (Fsp3) is 0.235. The van der Waals surface area contributed by atoms with Crippen molar-refractivity contribution in [2.24, 2.45) is 0 Å². The number of rotatable bonds is 5. The molecule has 0 saturated heterocycles. The average molecular weight is 345 g/mol. The minimum atomic E-state index is -0.924. The molecule has 8 heteroatoms. The lowest BCUT2D eigenvalue weighted by Crippen LogP contribution is -2.42. The molecule has 1 unspecified atom stereocenters. The molecule has 0 bridgehead atoms. The summed E-state index contributed by atoms with van der Waals surface area (Å²) in [4.78, 5) is 27.2. The Morgan fingerprint density at radius 2 is 2.20 bits per heavy atom. The molecule has 2 N–H and O–H groups in total. The van der Waals surface area contributed by atoms with Gasteiger partial charge in [0.05, 0.1) is 12.8 Å². The van der Waals surface area contributed by atoms with E-state index < -0.39 is 17.9 Å². The summed E-state index contributed by atoms with van der Waals surface area (Å²) in [5.74, 6) is -1.52. The standard InChI is InChI=1S/C17H16FN3O4/c1-9-5-15(25-21-9)16(22)20-14(17(23)24-2)6-10-8-19-13-7-11(18)3-4-12(10)13/h3-5,7-8,14,19H,6H2,1-2H3,(H,20,22). The topological polar surface area (TPSA) is 97.2 Å². The van der Waals surface area contributed by atoms with Gasteiger partial charge in [-0.25, -0.2) is 9.18 Å². The number of nitrogens with one attached hydrogen (secondary N) is 2. The molecule has 0 aliphatic rings. The number of benzene rings is 1. The first-order chi connectivity index (χ1) is 12.0. The van der Waals surface area contributed by atoms with Crippen LogP contribution in [0.4, 0.5) is 4.39 Å². The van der Waals surface area contributed by atoms with Crippen LogP contribution in [0.25, 0.3) is 10.9 Å². The third-order valence-corrected chi connectivity index (χ3v) is 3.80. The Labute approximate surface area is 142 Å². The lowest BCUT2D eigenvalue weighted by atomic mass is 10.0. The number of H-pyrrole nitrogens is 1. The number of aromatic nitrogens is 2. The number of carbonyl (C=O) groups excluding carboxylic acids is 2. The van der Waals surface area contributed by atoms with Crippen molar-refractivity contribution in [3.05, 3.63) is 53.3 Å². The molecule has 0 fully saturated rings. The van der Waals surface area contributed by atoms with E-state index in [1.165, 1.54) is 25.3 Å². The Kier molecular flexibility index (Phi) is 4.51. The second-order valence-electron chi connectivity index (χ2n) is 5.59. The maximum absolute atomic E-state index is 13.3. The predicted octanol–water partition coefficient (Wildman–Crippen LogP) is 2.12. The molecule has 0 spiro atoms. The summed E-state index contributed by atoms with van der Waals surface area (Å²) in [6.07, 6.45) is 1.85. The fourth-order valence-electron chi connectivity index (χ4n) is 2.58. The molecule has 1 amide bonds. The first-order valence-electron chi connectivity index (χ1n) is 7.55. The maximum Gasteiger partial charge on any atom is 0.328 e. The smallest absolute Gasteiger partial charge is 0.328 e. The molecule has 25 heavy (non-hydrogen) atoms. The molecule has 0 aliphatic heterocycles. The third-order valence-electron chi connectivity index (χ3n) is 3.80. The van der Waals surface area contributed by atoms with Gasteiger partial charge in [0, 0.05) is 29.6 Å². The van der Waals surface area contributed by atoms with Gasteiger partial charge in [0.15, 0.2) is 0 Å². The number of aryl methyl sites for hydroxylation is 1. The zero-order chi connectivity index (χ0) is 18.0. The van der Waals surface area contributed by atoms with Crippen molar-refractivity contribution in [3.63, 3.8) is 0 Å². The van der Waals surface area contributed by atoms with Crippen LogP contribution in [0.5, 0.6) is 0 Å². The van der Waals surface area contributed by atoms with Gasteiger partial charge in [0.1, 0.15) is 11.9 Å². The van der Waals surface area contributed by atoms with Crippen LogP contribution in [0, 0.1) is 12.7 Å². The van der Waals surface area contributed by atoms with Crippen LogP contribution in [0.3, 0.4) is 0 Å². The van der Waals surface area contributed by atoms with Crippen LogP contribution >= 0.6 is 0 Å². The highest BCUT2D eigenvalue weighted by molar-refractivity contribution is 5.95. The van der Waals surface area contributed by atoms with Crippen LogP contribution in [-0.2, 0) is 16.0 Å². The summed E-state index contributed by atoms with van der Waals surface area (Å²) in [5.41, 5.74) is 1.91. The Morgan fingerprint density at radius 3 is 2.88 bits per heavy atom. The van der Waals surface area contributed by atoms with Crippen LogP contribution in [0.2, 0.25) is 0 Å². The SMILES string of the molecule is COC(=O)C(Cc1c[nH]c2cc(F)ccc12)NC(=O)c1cc(C)no1. The van der Waals surface area contributed by atoms with E-state index in [1.807, 2.05) is 0 Å². The van der Waals surface area contributed by atoms with Crippen molar-refractivity contribution in [1.29, 1.82) is 0 Å². The Morgan fingerprint density at radius 1 is 1.40 bits per heavy atom. The molecule has 0 aliphatic carbocycles. The van der Waals surface area contributed by atoms with E-state index in [1.54, 1.807) is 19.2 Å². The Balaban J connectivity index is 1.83. The van der Waals surface area contributed by atoms with E-state index in [-0.39, 0.29) is 18.0 Å². The average Bonchev–Trinajstić information content (AvgIpc) is 3.19. The number of ether oxygens (including phenoxy) is 1. The van der Waals surface area contributed by atoms with E-state index in [2.05, 4.69) is 15.5 Å². The van der Waals surface area contributed by atoms with Crippen molar-refractivity contribution >= 4 is 22.8 Å². The second-order valence-corrected chi connectivity index (χ2v) is 5.59. The van der Waals surface area contributed by atoms with Crippen LogP contribution < -0.4 is 5.32 Å². The van der Waals surface area contributed by atoms with Crippen molar-refractivity contribution in [2.45, 2.75) is 19.4 Å². The first kappa shape index (κ1) is 16.7. The van der Waals surface area contributed by atoms with E-state index in [4.69, 9.17) is 9.26 Å². The molecule has 3 aromatic rings. The number of esters is 1. The maximum atomic E-state index is 13.3. The van der Waals surface area contributed by atoms with Gasteiger partial charge in [-0.15, -0.1) is 0 Å². The van der Waals surface area contributed by atoms with Crippen LogP contribution in [-0.4, -0.2) is 35.2 Å². The molecule has 2 heterocycles. The Hall–Kier alpha value is -3.16. The molecule has 0 saturated carbocycles. The number of carbonyl (C=O) groups is 2. The quantitative estimate of drug-likeness (QED) is 0.690.